The highest BCUT2D eigenvalue weighted by Gasteiger charge is 2.55. The molecule has 3 rings (SSSR count). The molecule has 0 spiro atoms. The zero-order valence-electron chi connectivity index (χ0n) is 12.2. The molecule has 2 bridgehead atoms. The second kappa shape index (κ2) is 4.37. The van der Waals surface area contributed by atoms with E-state index >= 15 is 0 Å². The number of ether oxygens (including phenoxy) is 1. The summed E-state index contributed by atoms with van der Waals surface area (Å²) in [4.78, 5) is 11.8. The first-order valence-electron chi connectivity index (χ1n) is 7.58. The number of carbonyl (C=O) groups excluding carboxylic acids is 1. The molecular weight excluding hydrogens is 240 g/mol. The van der Waals surface area contributed by atoms with Gasteiger partial charge in [0, 0.05) is 12.1 Å². The Labute approximate surface area is 115 Å². The van der Waals surface area contributed by atoms with Crippen molar-refractivity contribution in [1.29, 1.82) is 0 Å². The molecular formula is C15H26N2O2. The maximum absolute atomic E-state index is 11.8. The lowest BCUT2D eigenvalue weighted by Crippen LogP contribution is -2.38. The molecule has 1 amide bonds. The van der Waals surface area contributed by atoms with Crippen molar-refractivity contribution in [3.63, 3.8) is 0 Å². The topological polar surface area (TPSA) is 64.3 Å². The third-order valence-electron chi connectivity index (χ3n) is 5.24. The maximum Gasteiger partial charge on any atom is 0.407 e. The van der Waals surface area contributed by atoms with Gasteiger partial charge in [-0.1, -0.05) is 0 Å². The molecule has 0 aromatic rings. The fourth-order valence-corrected chi connectivity index (χ4v) is 4.72. The van der Waals surface area contributed by atoms with Gasteiger partial charge in [-0.25, -0.2) is 4.79 Å². The lowest BCUT2D eigenvalue weighted by Gasteiger charge is -2.28. The van der Waals surface area contributed by atoms with Crippen LogP contribution in [0.4, 0.5) is 4.79 Å². The predicted molar refractivity (Wildman–Crippen MR) is 73.6 cm³/mol. The van der Waals surface area contributed by atoms with Gasteiger partial charge in [0.25, 0.3) is 0 Å². The summed E-state index contributed by atoms with van der Waals surface area (Å²) in [6, 6.07) is 0.701. The molecule has 19 heavy (non-hydrogen) atoms. The van der Waals surface area contributed by atoms with Crippen molar-refractivity contribution in [2.75, 3.05) is 0 Å². The SMILES string of the molecule is CC(C)(C)OC(=O)NC1CC2C3CC(N)C(C3)C2C1. The fraction of sp³-hybridized carbons (Fsp3) is 0.933. The van der Waals surface area contributed by atoms with Crippen molar-refractivity contribution in [3.8, 4) is 0 Å². The first-order chi connectivity index (χ1) is 8.83. The molecule has 0 heterocycles. The van der Waals surface area contributed by atoms with Crippen LogP contribution >= 0.6 is 0 Å². The van der Waals surface area contributed by atoms with Gasteiger partial charge in [-0.2, -0.15) is 0 Å². The maximum atomic E-state index is 11.8. The minimum absolute atomic E-state index is 0.269. The van der Waals surface area contributed by atoms with Crippen molar-refractivity contribution < 1.29 is 9.53 Å². The molecule has 6 atom stereocenters. The lowest BCUT2D eigenvalue weighted by molar-refractivity contribution is 0.0502. The highest BCUT2D eigenvalue weighted by molar-refractivity contribution is 5.68. The zero-order valence-corrected chi connectivity index (χ0v) is 12.2. The molecule has 3 saturated carbocycles. The van der Waals surface area contributed by atoms with Gasteiger partial charge in [0.15, 0.2) is 0 Å². The second-order valence-electron chi connectivity index (χ2n) is 7.70. The Balaban J connectivity index is 1.55. The van der Waals surface area contributed by atoms with E-state index in [-0.39, 0.29) is 6.09 Å². The third kappa shape index (κ3) is 2.47. The zero-order chi connectivity index (χ0) is 13.8. The summed E-state index contributed by atoms with van der Waals surface area (Å²) in [7, 11) is 0. The highest BCUT2D eigenvalue weighted by Crippen LogP contribution is 2.58. The smallest absolute Gasteiger partial charge is 0.407 e. The summed E-state index contributed by atoms with van der Waals surface area (Å²) in [5.41, 5.74) is 5.78. The van der Waals surface area contributed by atoms with Crippen LogP contribution in [0, 0.1) is 23.7 Å². The molecule has 6 unspecified atom stereocenters. The minimum Gasteiger partial charge on any atom is -0.444 e. The van der Waals surface area contributed by atoms with Gasteiger partial charge >= 0.3 is 6.09 Å². The number of hydrogen-bond donors (Lipinski definition) is 2. The molecule has 3 aliphatic carbocycles. The van der Waals surface area contributed by atoms with E-state index in [9.17, 15) is 4.79 Å². The van der Waals surface area contributed by atoms with Gasteiger partial charge in [-0.05, 0) is 70.1 Å². The molecule has 108 valence electrons. The van der Waals surface area contributed by atoms with E-state index in [0.29, 0.717) is 18.0 Å². The van der Waals surface area contributed by atoms with E-state index in [1.807, 2.05) is 20.8 Å². The van der Waals surface area contributed by atoms with Gasteiger partial charge in [-0.3, -0.25) is 0 Å². The second-order valence-corrected chi connectivity index (χ2v) is 7.70. The third-order valence-corrected chi connectivity index (χ3v) is 5.24. The fourth-order valence-electron chi connectivity index (χ4n) is 4.72. The van der Waals surface area contributed by atoms with Crippen LogP contribution in [-0.2, 0) is 4.74 Å². The summed E-state index contributed by atoms with van der Waals surface area (Å²) in [6.45, 7) is 5.69. The molecule has 3 aliphatic rings. The molecule has 4 nitrogen and oxygen atoms in total. The van der Waals surface area contributed by atoms with Crippen molar-refractivity contribution in [2.24, 2.45) is 29.4 Å². The lowest BCUT2D eigenvalue weighted by atomic mass is 9.79. The summed E-state index contributed by atoms with van der Waals surface area (Å²) in [6.07, 6.45) is 4.48. The van der Waals surface area contributed by atoms with E-state index < -0.39 is 5.60 Å². The normalized spacial score (nSPS) is 44.2. The van der Waals surface area contributed by atoms with Crippen LogP contribution in [0.1, 0.15) is 46.5 Å². The van der Waals surface area contributed by atoms with E-state index in [4.69, 9.17) is 10.5 Å². The minimum atomic E-state index is -0.417. The van der Waals surface area contributed by atoms with Crippen molar-refractivity contribution >= 4 is 6.09 Å². The number of alkyl carbamates (subject to hydrolysis) is 1. The Hall–Kier alpha value is -0.770. The number of amides is 1. The number of nitrogens with one attached hydrogen (secondary N) is 1. The van der Waals surface area contributed by atoms with Gasteiger partial charge in [-0.15, -0.1) is 0 Å². The molecule has 0 aromatic heterocycles. The van der Waals surface area contributed by atoms with E-state index in [2.05, 4.69) is 5.32 Å². The molecule has 0 aromatic carbocycles. The van der Waals surface area contributed by atoms with Crippen molar-refractivity contribution in [1.82, 2.24) is 5.32 Å². The first kappa shape index (κ1) is 13.2. The molecule has 3 fully saturated rings. The monoisotopic (exact) mass is 266 g/mol. The van der Waals surface area contributed by atoms with Gasteiger partial charge in [0.2, 0.25) is 0 Å². The van der Waals surface area contributed by atoms with Crippen molar-refractivity contribution in [3.05, 3.63) is 0 Å². The number of carbonyl (C=O) groups is 1. The molecule has 0 aliphatic heterocycles. The summed E-state index contributed by atoms with van der Waals surface area (Å²) in [5, 5.41) is 3.05. The van der Waals surface area contributed by atoms with Crippen LogP contribution in [0.5, 0.6) is 0 Å². The van der Waals surface area contributed by atoms with Crippen molar-refractivity contribution in [2.45, 2.75) is 64.1 Å². The van der Waals surface area contributed by atoms with E-state index in [1.165, 1.54) is 12.8 Å². The van der Waals surface area contributed by atoms with E-state index in [0.717, 1.165) is 30.6 Å². The molecule has 0 radical (unpaired) electrons. The van der Waals surface area contributed by atoms with Crippen LogP contribution < -0.4 is 11.1 Å². The highest BCUT2D eigenvalue weighted by atomic mass is 16.6. The quantitative estimate of drug-likeness (QED) is 0.765. The van der Waals surface area contributed by atoms with Crippen LogP contribution in [0.25, 0.3) is 0 Å². The molecule has 0 saturated heterocycles. The van der Waals surface area contributed by atoms with Crippen LogP contribution in [0.15, 0.2) is 0 Å². The van der Waals surface area contributed by atoms with E-state index in [1.54, 1.807) is 0 Å². The summed E-state index contributed by atoms with van der Waals surface area (Å²) >= 11 is 0. The van der Waals surface area contributed by atoms with Gasteiger partial charge in [0.1, 0.15) is 5.60 Å². The Morgan fingerprint density at radius 1 is 1.11 bits per heavy atom. The Morgan fingerprint density at radius 3 is 2.47 bits per heavy atom. The molecule has 4 heteroatoms. The van der Waals surface area contributed by atoms with Crippen LogP contribution in [0.3, 0.4) is 0 Å². The summed E-state index contributed by atoms with van der Waals surface area (Å²) < 4.78 is 5.34. The van der Waals surface area contributed by atoms with Crippen LogP contribution in [-0.4, -0.2) is 23.8 Å². The number of nitrogens with two attached hydrogens (primary N) is 1. The molecule has 3 N–H and O–H groups in total. The largest absolute Gasteiger partial charge is 0.444 e. The Kier molecular flexibility index (Phi) is 3.04. The first-order valence-corrected chi connectivity index (χ1v) is 7.58. The predicted octanol–water partition coefficient (Wildman–Crippen LogP) is 2.27. The van der Waals surface area contributed by atoms with Crippen LogP contribution in [0.2, 0.25) is 0 Å². The standard InChI is InChI=1S/C15H26N2O2/c1-15(2,3)19-14(18)17-9-6-10-8-4-12(11(10)7-9)13(16)5-8/h8-13H,4-7,16H2,1-3H3,(H,17,18). The Morgan fingerprint density at radius 2 is 1.79 bits per heavy atom. The van der Waals surface area contributed by atoms with Gasteiger partial charge in [0.05, 0.1) is 0 Å². The summed E-state index contributed by atoms with van der Waals surface area (Å²) in [5.74, 6) is 3.06. The number of hydrogen-bond acceptors (Lipinski definition) is 3. The average molecular weight is 266 g/mol. The number of fused-ring (bicyclic) bond motifs is 5. The van der Waals surface area contributed by atoms with Gasteiger partial charge < -0.3 is 15.8 Å². The average Bonchev–Trinajstić information content (AvgIpc) is 2.84. The Bertz CT molecular complexity index is 377. The number of rotatable bonds is 1.